The van der Waals surface area contributed by atoms with Gasteiger partial charge in [0.25, 0.3) is 0 Å². The molecular formula is C9H15I. The fraction of sp³-hybridized carbons (Fsp3) is 0.667. The monoisotopic (exact) mass is 250 g/mol. The highest BCUT2D eigenvalue weighted by Crippen LogP contribution is 2.38. The molecule has 58 valence electrons. The maximum atomic E-state index is 2.37. The molecule has 0 N–H and O–H groups in total. The van der Waals surface area contributed by atoms with E-state index in [0.29, 0.717) is 20.7 Å². The Labute approximate surface area is 73.5 Å². The second-order valence-corrected chi connectivity index (χ2v) is 5.93. The van der Waals surface area contributed by atoms with Crippen LogP contribution in [0.5, 0.6) is 0 Å². The average molecular weight is 250 g/mol. The van der Waals surface area contributed by atoms with Crippen molar-refractivity contribution in [1.29, 1.82) is 0 Å². The molecule has 0 aromatic rings. The molecule has 1 unspecified atom stereocenters. The maximum Gasteiger partial charge on any atom is -0.0132 e. The summed E-state index contributed by atoms with van der Waals surface area (Å²) in [5.74, 6) is 0.906. The first-order valence-electron chi connectivity index (χ1n) is 3.86. The van der Waals surface area contributed by atoms with Crippen LogP contribution in [0.25, 0.3) is 0 Å². The Kier molecular flexibility index (Phi) is 3.08. The summed E-state index contributed by atoms with van der Waals surface area (Å²) in [6, 6.07) is 0. The molecule has 0 aliphatic heterocycles. The molecule has 1 aliphatic rings. The van der Waals surface area contributed by atoms with E-state index >= 15 is 0 Å². The Morgan fingerprint density at radius 2 is 2.30 bits per heavy atom. The zero-order valence-corrected chi connectivity index (χ0v) is 9.10. The molecule has 0 aromatic heterocycles. The van der Waals surface area contributed by atoms with Crippen molar-refractivity contribution in [2.75, 3.05) is 0 Å². The van der Waals surface area contributed by atoms with Crippen molar-refractivity contribution in [1.82, 2.24) is 0 Å². The van der Waals surface area contributed by atoms with Crippen molar-refractivity contribution in [2.24, 2.45) is 5.92 Å². The Hall–Kier alpha value is 0.340. The molecule has 0 bridgehead atoms. The summed E-state index contributed by atoms with van der Waals surface area (Å²) in [7, 11) is 0. The van der Waals surface area contributed by atoms with Crippen molar-refractivity contribution in [2.45, 2.75) is 33.6 Å². The van der Waals surface area contributed by atoms with Crippen molar-refractivity contribution in [3.8, 4) is 0 Å². The normalized spacial score (nSPS) is 27.7. The van der Waals surface area contributed by atoms with Crippen LogP contribution in [0.2, 0.25) is 0 Å². The lowest BCUT2D eigenvalue weighted by Crippen LogP contribution is -1.84. The van der Waals surface area contributed by atoms with Crippen LogP contribution in [-0.4, -0.2) is 4.01 Å². The zero-order valence-electron chi connectivity index (χ0n) is 6.95. The Bertz CT molecular complexity index is 177. The minimum atomic E-state index is 0.299. The lowest BCUT2D eigenvalue weighted by atomic mass is 10.2. The molecule has 0 saturated carbocycles. The SMILES string of the molecule is CC=IC1=C(C)CCC1C. The van der Waals surface area contributed by atoms with Gasteiger partial charge in [0, 0.05) is 0 Å². The third-order valence-electron chi connectivity index (χ3n) is 2.02. The number of allylic oxidation sites excluding steroid dienone is 2. The van der Waals surface area contributed by atoms with Gasteiger partial charge in [-0.15, -0.1) is 0 Å². The van der Waals surface area contributed by atoms with Crippen LogP contribution in [0.3, 0.4) is 0 Å². The first kappa shape index (κ1) is 8.44. The van der Waals surface area contributed by atoms with Crippen LogP contribution in [0, 0.1) is 5.92 Å². The van der Waals surface area contributed by atoms with Crippen molar-refractivity contribution in [3.05, 3.63) is 9.15 Å². The van der Waals surface area contributed by atoms with Crippen LogP contribution in [0.15, 0.2) is 9.15 Å². The number of rotatable bonds is 1. The van der Waals surface area contributed by atoms with Gasteiger partial charge < -0.3 is 0 Å². The number of halogens is 1. The summed E-state index contributed by atoms with van der Waals surface area (Å²) >= 11 is 0.299. The highest BCUT2D eigenvalue weighted by atomic mass is 127. The Balaban J connectivity index is 2.77. The summed E-state index contributed by atoms with van der Waals surface area (Å²) in [4.78, 5) is 0. The molecule has 1 aliphatic carbocycles. The molecule has 1 heteroatoms. The quantitative estimate of drug-likeness (QED) is 0.625. The fourth-order valence-electron chi connectivity index (χ4n) is 1.42. The van der Waals surface area contributed by atoms with Crippen LogP contribution in [0.4, 0.5) is 0 Å². The highest BCUT2D eigenvalue weighted by molar-refractivity contribution is 14.2. The smallest absolute Gasteiger partial charge is 0.0132 e. The second kappa shape index (κ2) is 3.65. The second-order valence-electron chi connectivity index (χ2n) is 2.90. The van der Waals surface area contributed by atoms with Gasteiger partial charge in [-0.05, 0) is 36.2 Å². The van der Waals surface area contributed by atoms with Crippen molar-refractivity contribution < 1.29 is 0 Å². The van der Waals surface area contributed by atoms with E-state index in [1.165, 1.54) is 12.8 Å². The predicted octanol–water partition coefficient (Wildman–Crippen LogP) is 3.48. The lowest BCUT2D eigenvalue weighted by molar-refractivity contribution is 0.695. The molecule has 0 fully saturated rings. The molecule has 0 nitrogen and oxygen atoms in total. The van der Waals surface area contributed by atoms with Gasteiger partial charge in [0.15, 0.2) is 0 Å². The van der Waals surface area contributed by atoms with Gasteiger partial charge >= 0.3 is 0 Å². The summed E-state index contributed by atoms with van der Waals surface area (Å²) < 4.78 is 4.18. The molecule has 10 heavy (non-hydrogen) atoms. The van der Waals surface area contributed by atoms with E-state index in [4.69, 9.17) is 0 Å². The van der Waals surface area contributed by atoms with Gasteiger partial charge in [-0.1, -0.05) is 37.2 Å². The molecule has 0 spiro atoms. The standard InChI is InChI=1S/C9H15I/c1-4-10-9-7(2)5-6-8(9)3/h4,7H,5-6H2,1-3H3. The van der Waals surface area contributed by atoms with Crippen LogP contribution in [-0.2, 0) is 0 Å². The van der Waals surface area contributed by atoms with Gasteiger partial charge in [0.05, 0.1) is 0 Å². The summed E-state index contributed by atoms with van der Waals surface area (Å²) in [5.41, 5.74) is 1.69. The first-order chi connectivity index (χ1) is 4.75. The van der Waals surface area contributed by atoms with Crippen molar-refractivity contribution >= 4 is 24.7 Å². The highest BCUT2D eigenvalue weighted by Gasteiger charge is 2.16. The molecule has 0 amide bonds. The molecule has 0 saturated heterocycles. The van der Waals surface area contributed by atoms with E-state index in [1.807, 2.05) is 0 Å². The molecular weight excluding hydrogens is 235 g/mol. The van der Waals surface area contributed by atoms with Gasteiger partial charge in [0.1, 0.15) is 0 Å². The number of hydrogen-bond acceptors (Lipinski definition) is 0. The third-order valence-corrected chi connectivity index (χ3v) is 5.30. The Morgan fingerprint density at radius 1 is 1.60 bits per heavy atom. The Morgan fingerprint density at radius 3 is 2.70 bits per heavy atom. The minimum absolute atomic E-state index is 0.299. The fourth-order valence-corrected chi connectivity index (χ4v) is 3.82. The summed E-state index contributed by atoms with van der Waals surface area (Å²) in [6.07, 6.45) is 2.78. The average Bonchev–Trinajstić information content (AvgIpc) is 2.20. The maximum absolute atomic E-state index is 2.37. The van der Waals surface area contributed by atoms with Gasteiger partial charge in [-0.25, -0.2) is 0 Å². The molecule has 0 heterocycles. The van der Waals surface area contributed by atoms with Gasteiger partial charge in [-0.3, -0.25) is 0 Å². The van der Waals surface area contributed by atoms with Crippen LogP contribution < -0.4 is 0 Å². The molecule has 0 radical (unpaired) electrons. The zero-order chi connectivity index (χ0) is 7.56. The van der Waals surface area contributed by atoms with Crippen LogP contribution >= 0.6 is 20.7 Å². The lowest BCUT2D eigenvalue weighted by Gasteiger charge is -2.01. The molecule has 1 atom stereocenters. The van der Waals surface area contributed by atoms with E-state index in [9.17, 15) is 0 Å². The minimum Gasteiger partial charge on any atom is -0.0947 e. The topological polar surface area (TPSA) is 0 Å². The van der Waals surface area contributed by atoms with E-state index in [2.05, 4.69) is 24.8 Å². The van der Waals surface area contributed by atoms with E-state index < -0.39 is 0 Å². The molecule has 0 aromatic carbocycles. The first-order valence-corrected chi connectivity index (χ1v) is 6.19. The van der Waals surface area contributed by atoms with Gasteiger partial charge in [0.2, 0.25) is 0 Å². The van der Waals surface area contributed by atoms with E-state index in [1.54, 1.807) is 9.15 Å². The third kappa shape index (κ3) is 1.68. The van der Waals surface area contributed by atoms with Gasteiger partial charge in [-0.2, -0.15) is 0 Å². The largest absolute Gasteiger partial charge is 0.0947 e. The summed E-state index contributed by atoms with van der Waals surface area (Å²) in [6.45, 7) is 6.87. The summed E-state index contributed by atoms with van der Waals surface area (Å²) in [5, 5.41) is 0. The van der Waals surface area contributed by atoms with Crippen molar-refractivity contribution in [3.63, 3.8) is 0 Å². The van der Waals surface area contributed by atoms with Crippen LogP contribution in [0.1, 0.15) is 33.6 Å². The molecule has 1 rings (SSSR count). The predicted molar refractivity (Wildman–Crippen MR) is 56.9 cm³/mol. The van der Waals surface area contributed by atoms with E-state index in [-0.39, 0.29) is 0 Å². The van der Waals surface area contributed by atoms with E-state index in [0.717, 1.165) is 5.92 Å². The number of hydrogen-bond donors (Lipinski definition) is 0.